The van der Waals surface area contributed by atoms with Crippen molar-refractivity contribution in [2.24, 2.45) is 5.92 Å². The summed E-state index contributed by atoms with van der Waals surface area (Å²) in [5, 5.41) is 11.1. The lowest BCUT2D eigenvalue weighted by Crippen LogP contribution is -2.30. The van der Waals surface area contributed by atoms with Crippen LogP contribution < -0.4 is 10.2 Å². The molecule has 1 aromatic rings. The standard InChI is InChI=1S/C12H17N5O/c1-17(7-10-2-4-18-5-3-10)12-6-11(14-8-13)15-9-16-12/h6,9-10H,2-5,7H2,1H3,(H,14,15,16). The van der Waals surface area contributed by atoms with E-state index in [1.165, 1.54) is 6.33 Å². The maximum Gasteiger partial charge on any atom is 0.182 e. The van der Waals surface area contributed by atoms with Crippen molar-refractivity contribution in [1.29, 1.82) is 5.26 Å². The highest BCUT2D eigenvalue weighted by Gasteiger charge is 2.16. The van der Waals surface area contributed by atoms with Crippen molar-refractivity contribution < 1.29 is 4.74 Å². The van der Waals surface area contributed by atoms with Gasteiger partial charge in [0.1, 0.15) is 18.0 Å². The first-order chi connectivity index (χ1) is 8.79. The molecule has 0 amide bonds. The Morgan fingerprint density at radius 1 is 1.50 bits per heavy atom. The van der Waals surface area contributed by atoms with Gasteiger partial charge in [-0.2, -0.15) is 5.26 Å². The van der Waals surface area contributed by atoms with Gasteiger partial charge < -0.3 is 9.64 Å². The highest BCUT2D eigenvalue weighted by molar-refractivity contribution is 5.49. The van der Waals surface area contributed by atoms with E-state index in [1.807, 2.05) is 13.2 Å². The van der Waals surface area contributed by atoms with Gasteiger partial charge in [0.2, 0.25) is 0 Å². The number of nitrogens with zero attached hydrogens (tertiary/aromatic N) is 4. The Balaban J connectivity index is 1.97. The number of aromatic nitrogens is 2. The van der Waals surface area contributed by atoms with E-state index in [2.05, 4.69) is 20.2 Å². The highest BCUT2D eigenvalue weighted by Crippen LogP contribution is 2.19. The molecule has 1 N–H and O–H groups in total. The van der Waals surface area contributed by atoms with Crippen LogP contribution in [0.4, 0.5) is 11.6 Å². The van der Waals surface area contributed by atoms with Gasteiger partial charge in [0.15, 0.2) is 6.19 Å². The van der Waals surface area contributed by atoms with Crippen LogP contribution in [0, 0.1) is 17.4 Å². The molecule has 96 valence electrons. The van der Waals surface area contributed by atoms with Gasteiger partial charge in [-0.3, -0.25) is 5.32 Å². The molecule has 0 aliphatic carbocycles. The van der Waals surface area contributed by atoms with E-state index in [4.69, 9.17) is 10.00 Å². The number of hydrogen-bond acceptors (Lipinski definition) is 6. The monoisotopic (exact) mass is 247 g/mol. The van der Waals surface area contributed by atoms with Crippen LogP contribution in [-0.4, -0.2) is 36.8 Å². The predicted octanol–water partition coefficient (Wildman–Crippen LogP) is 1.23. The maximum atomic E-state index is 8.56. The zero-order chi connectivity index (χ0) is 12.8. The van der Waals surface area contributed by atoms with Crippen molar-refractivity contribution in [3.63, 3.8) is 0 Å². The molecule has 2 heterocycles. The third kappa shape index (κ3) is 3.31. The molecular formula is C12H17N5O. The normalized spacial score (nSPS) is 16.0. The summed E-state index contributed by atoms with van der Waals surface area (Å²) in [6, 6.07) is 1.78. The Morgan fingerprint density at radius 2 is 2.28 bits per heavy atom. The van der Waals surface area contributed by atoms with Gasteiger partial charge in [0.05, 0.1) is 0 Å². The highest BCUT2D eigenvalue weighted by atomic mass is 16.5. The summed E-state index contributed by atoms with van der Waals surface area (Å²) in [5.74, 6) is 2.00. The fourth-order valence-electron chi connectivity index (χ4n) is 2.09. The second kappa shape index (κ2) is 6.17. The number of nitrogens with one attached hydrogen (secondary N) is 1. The lowest BCUT2D eigenvalue weighted by molar-refractivity contribution is 0.0685. The van der Waals surface area contributed by atoms with E-state index in [0.29, 0.717) is 11.7 Å². The Morgan fingerprint density at radius 3 is 3.00 bits per heavy atom. The summed E-state index contributed by atoms with van der Waals surface area (Å²) in [6.45, 7) is 2.65. The Kier molecular flexibility index (Phi) is 4.31. The molecule has 0 spiro atoms. The van der Waals surface area contributed by atoms with Gasteiger partial charge >= 0.3 is 0 Å². The molecule has 1 aliphatic rings. The van der Waals surface area contributed by atoms with E-state index >= 15 is 0 Å². The molecule has 0 saturated carbocycles. The fraction of sp³-hybridized carbons (Fsp3) is 0.583. The van der Waals surface area contributed by atoms with Crippen LogP contribution in [0.2, 0.25) is 0 Å². The maximum absolute atomic E-state index is 8.56. The summed E-state index contributed by atoms with van der Waals surface area (Å²) < 4.78 is 5.35. The van der Waals surface area contributed by atoms with Gasteiger partial charge in [-0.1, -0.05) is 0 Å². The van der Waals surface area contributed by atoms with Crippen LogP contribution in [-0.2, 0) is 4.74 Å². The van der Waals surface area contributed by atoms with Crippen LogP contribution in [0.5, 0.6) is 0 Å². The molecule has 6 nitrogen and oxygen atoms in total. The first-order valence-corrected chi connectivity index (χ1v) is 6.05. The topological polar surface area (TPSA) is 74.1 Å². The van der Waals surface area contributed by atoms with E-state index in [-0.39, 0.29) is 0 Å². The van der Waals surface area contributed by atoms with E-state index < -0.39 is 0 Å². The van der Waals surface area contributed by atoms with Gasteiger partial charge in [-0.05, 0) is 18.8 Å². The molecule has 0 radical (unpaired) electrons. The largest absolute Gasteiger partial charge is 0.381 e. The third-order valence-corrected chi connectivity index (χ3v) is 3.10. The van der Waals surface area contributed by atoms with Crippen LogP contribution >= 0.6 is 0 Å². The van der Waals surface area contributed by atoms with Crippen LogP contribution in [0.25, 0.3) is 0 Å². The minimum atomic E-state index is 0.529. The minimum Gasteiger partial charge on any atom is -0.381 e. The average Bonchev–Trinajstić information content (AvgIpc) is 2.40. The first kappa shape index (κ1) is 12.6. The van der Waals surface area contributed by atoms with E-state index in [9.17, 15) is 0 Å². The van der Waals surface area contributed by atoms with Crippen molar-refractivity contribution in [3.05, 3.63) is 12.4 Å². The van der Waals surface area contributed by atoms with Crippen molar-refractivity contribution in [2.75, 3.05) is 37.0 Å². The van der Waals surface area contributed by atoms with Crippen molar-refractivity contribution in [2.45, 2.75) is 12.8 Å². The Labute approximate surface area is 107 Å². The second-order valence-electron chi connectivity index (χ2n) is 4.43. The molecule has 6 heteroatoms. The lowest BCUT2D eigenvalue weighted by Gasteiger charge is -2.27. The summed E-state index contributed by atoms with van der Waals surface area (Å²) in [7, 11) is 2.01. The van der Waals surface area contributed by atoms with Gasteiger partial charge in [-0.25, -0.2) is 9.97 Å². The zero-order valence-corrected chi connectivity index (χ0v) is 10.5. The van der Waals surface area contributed by atoms with Gasteiger partial charge in [-0.15, -0.1) is 0 Å². The van der Waals surface area contributed by atoms with Crippen LogP contribution in [0.1, 0.15) is 12.8 Å². The molecule has 1 aromatic heterocycles. The molecule has 1 aliphatic heterocycles. The molecule has 0 unspecified atom stereocenters. The van der Waals surface area contributed by atoms with Crippen molar-refractivity contribution in [1.82, 2.24) is 9.97 Å². The van der Waals surface area contributed by atoms with Gasteiger partial charge in [0.25, 0.3) is 0 Å². The number of nitriles is 1. The minimum absolute atomic E-state index is 0.529. The molecule has 1 saturated heterocycles. The SMILES string of the molecule is CN(CC1CCOCC1)c1cc(NC#N)ncn1. The molecule has 2 rings (SSSR count). The third-order valence-electron chi connectivity index (χ3n) is 3.10. The lowest BCUT2D eigenvalue weighted by atomic mass is 10.00. The first-order valence-electron chi connectivity index (χ1n) is 6.05. The molecule has 18 heavy (non-hydrogen) atoms. The predicted molar refractivity (Wildman–Crippen MR) is 68.1 cm³/mol. The molecule has 0 aromatic carbocycles. The number of anilines is 2. The second-order valence-corrected chi connectivity index (χ2v) is 4.43. The smallest absolute Gasteiger partial charge is 0.182 e. The summed E-state index contributed by atoms with van der Waals surface area (Å²) in [6.07, 6.45) is 5.52. The van der Waals surface area contributed by atoms with E-state index in [1.54, 1.807) is 6.07 Å². The number of rotatable bonds is 4. The zero-order valence-electron chi connectivity index (χ0n) is 10.5. The Bertz CT molecular complexity index is 425. The summed E-state index contributed by atoms with van der Waals surface area (Å²) >= 11 is 0. The number of ether oxygens (including phenoxy) is 1. The van der Waals surface area contributed by atoms with E-state index in [0.717, 1.165) is 38.4 Å². The quantitative estimate of drug-likeness (QED) is 0.637. The van der Waals surface area contributed by atoms with Crippen LogP contribution in [0.15, 0.2) is 12.4 Å². The molecule has 0 bridgehead atoms. The number of hydrogen-bond donors (Lipinski definition) is 1. The van der Waals surface area contributed by atoms with Crippen molar-refractivity contribution >= 4 is 11.6 Å². The van der Waals surface area contributed by atoms with Gasteiger partial charge in [0, 0.05) is 32.9 Å². The molecule has 1 fully saturated rings. The fourth-order valence-corrected chi connectivity index (χ4v) is 2.09. The van der Waals surface area contributed by atoms with Crippen LogP contribution in [0.3, 0.4) is 0 Å². The Hall–Kier alpha value is -1.87. The van der Waals surface area contributed by atoms with Crippen molar-refractivity contribution in [3.8, 4) is 6.19 Å². The molecular weight excluding hydrogens is 230 g/mol. The molecule has 0 atom stereocenters. The average molecular weight is 247 g/mol. The summed E-state index contributed by atoms with van der Waals surface area (Å²) in [4.78, 5) is 10.3. The summed E-state index contributed by atoms with van der Waals surface area (Å²) in [5.41, 5.74) is 0.